The normalized spacial score (nSPS) is 34.8. The van der Waals surface area contributed by atoms with Gasteiger partial charge in [-0.25, -0.2) is 8.42 Å². The van der Waals surface area contributed by atoms with E-state index in [1.54, 1.807) is 6.07 Å². The number of carbonyl (C=O) groups excluding carboxylic acids is 2. The number of carbonyl (C=O) groups is 2. The number of hydrogen-bond acceptors (Lipinski definition) is 4. The minimum Gasteiger partial charge on any atom is -0.369 e. The lowest BCUT2D eigenvalue weighted by Gasteiger charge is -2.59. The van der Waals surface area contributed by atoms with Crippen LogP contribution in [0.25, 0.3) is 0 Å². The lowest BCUT2D eigenvalue weighted by Crippen LogP contribution is -2.61. The summed E-state index contributed by atoms with van der Waals surface area (Å²) in [7, 11) is -3.90. The molecule has 5 aliphatic carbocycles. The fraction of sp³-hybridized carbons (Fsp3) is 0.652. The molecule has 32 heavy (non-hydrogen) atoms. The van der Waals surface area contributed by atoms with E-state index in [1.807, 2.05) is 0 Å². The predicted octanol–water partition coefficient (Wildman–Crippen LogP) is 4.19. The zero-order valence-corrected chi connectivity index (χ0v) is 20.9. The van der Waals surface area contributed by atoms with Gasteiger partial charge in [0.15, 0.2) is 5.78 Å². The molecule has 6 nitrogen and oxygen atoms in total. The minimum atomic E-state index is -3.90. The molecule has 1 aromatic carbocycles. The van der Waals surface area contributed by atoms with Gasteiger partial charge in [-0.3, -0.25) is 9.59 Å². The highest BCUT2D eigenvalue weighted by molar-refractivity contribution is 9.10. The Labute approximate surface area is 202 Å². The average molecular weight is 544 g/mol. The average Bonchev–Trinajstić information content (AvgIpc) is 2.66. The topological polar surface area (TPSA) is 106 Å². The molecule has 1 amide bonds. The van der Waals surface area contributed by atoms with Gasteiger partial charge in [0.1, 0.15) is 0 Å². The lowest BCUT2D eigenvalue weighted by molar-refractivity contribution is -0.152. The standard InChI is InChI=1S/C23H28BrClN2O4S/c24-16-6-17(25)8-18(7-16)32(30,31)27-23(2-1-3-23)20(28)9-19-14-4-13-5-15(19)12-22(10-13,11-14)21(26)29/h6-8,13-15,19,27H,1-5,9-12H2,(H2,26,29). The van der Waals surface area contributed by atoms with E-state index in [4.69, 9.17) is 17.3 Å². The third kappa shape index (κ3) is 3.75. The zero-order chi connectivity index (χ0) is 22.9. The third-order valence-corrected chi connectivity index (χ3v) is 10.8. The van der Waals surface area contributed by atoms with Gasteiger partial charge in [0.25, 0.3) is 0 Å². The number of amides is 1. The largest absolute Gasteiger partial charge is 0.369 e. The molecule has 2 unspecified atom stereocenters. The first-order valence-electron chi connectivity index (χ1n) is 11.4. The van der Waals surface area contributed by atoms with Crippen molar-refractivity contribution in [2.45, 2.75) is 68.2 Å². The van der Waals surface area contributed by atoms with Crippen LogP contribution in [0.4, 0.5) is 0 Å². The summed E-state index contributed by atoms with van der Waals surface area (Å²) < 4.78 is 29.5. The fourth-order valence-electron chi connectivity index (χ4n) is 7.14. The van der Waals surface area contributed by atoms with E-state index in [1.165, 1.54) is 12.1 Å². The van der Waals surface area contributed by atoms with Crippen molar-refractivity contribution < 1.29 is 18.0 Å². The SMILES string of the molecule is NC(=O)C12CC3CC(C1)C(CC(=O)C1(NS(=O)(=O)c4cc(Cl)cc(Br)c4)CCC1)C(C3)C2. The molecule has 0 spiro atoms. The maximum absolute atomic E-state index is 13.5. The first-order valence-corrected chi connectivity index (χ1v) is 14.0. The van der Waals surface area contributed by atoms with Gasteiger partial charge in [0.05, 0.1) is 10.4 Å². The molecule has 0 radical (unpaired) electrons. The Kier molecular flexibility index (Phi) is 5.55. The van der Waals surface area contributed by atoms with Crippen LogP contribution in [0.15, 0.2) is 27.6 Å². The van der Waals surface area contributed by atoms with Gasteiger partial charge in [-0.05, 0) is 93.2 Å². The molecule has 174 valence electrons. The molecular formula is C23H28BrClN2O4S. The first kappa shape index (κ1) is 22.8. The lowest BCUT2D eigenvalue weighted by atomic mass is 9.45. The Hall–Kier alpha value is -0.960. The van der Waals surface area contributed by atoms with Gasteiger partial charge in [-0.2, -0.15) is 4.72 Å². The summed E-state index contributed by atoms with van der Waals surface area (Å²) in [5.74, 6) is 1.21. The molecule has 5 saturated carbocycles. The minimum absolute atomic E-state index is 0.0148. The van der Waals surface area contributed by atoms with Crippen LogP contribution in [0.3, 0.4) is 0 Å². The Balaban J connectivity index is 1.34. The molecular weight excluding hydrogens is 516 g/mol. The molecule has 5 aliphatic rings. The number of nitrogens with two attached hydrogens (primary N) is 1. The maximum atomic E-state index is 13.5. The van der Waals surface area contributed by atoms with Crippen LogP contribution in [0, 0.1) is 29.1 Å². The Morgan fingerprint density at radius 3 is 2.31 bits per heavy atom. The number of nitrogens with one attached hydrogen (secondary N) is 1. The van der Waals surface area contributed by atoms with Gasteiger partial charge < -0.3 is 5.73 Å². The second kappa shape index (κ2) is 7.79. The molecule has 9 heteroatoms. The summed E-state index contributed by atoms with van der Waals surface area (Å²) in [6, 6.07) is 4.51. The molecule has 3 N–H and O–H groups in total. The van der Waals surface area contributed by atoms with E-state index in [-0.39, 0.29) is 27.9 Å². The summed E-state index contributed by atoms with van der Waals surface area (Å²) in [5.41, 5.74) is 4.37. The van der Waals surface area contributed by atoms with Crippen LogP contribution in [-0.2, 0) is 19.6 Å². The Morgan fingerprint density at radius 1 is 1.12 bits per heavy atom. The van der Waals surface area contributed by atoms with Crippen molar-refractivity contribution in [1.82, 2.24) is 4.72 Å². The van der Waals surface area contributed by atoms with Crippen LogP contribution in [0.1, 0.15) is 57.8 Å². The molecule has 0 saturated heterocycles. The summed E-state index contributed by atoms with van der Waals surface area (Å²) in [6.07, 6.45) is 6.79. The second-order valence-electron chi connectivity index (χ2n) is 10.6. The highest BCUT2D eigenvalue weighted by Crippen LogP contribution is 2.63. The third-order valence-electron chi connectivity index (χ3n) is 8.63. The molecule has 2 atom stereocenters. The predicted molar refractivity (Wildman–Crippen MR) is 124 cm³/mol. The number of benzene rings is 1. The maximum Gasteiger partial charge on any atom is 0.241 e. The molecule has 0 aliphatic heterocycles. The number of halogens is 2. The second-order valence-corrected chi connectivity index (χ2v) is 13.6. The van der Waals surface area contributed by atoms with Crippen LogP contribution < -0.4 is 10.5 Å². The summed E-state index contributed by atoms with van der Waals surface area (Å²) >= 11 is 9.33. The van der Waals surface area contributed by atoms with Crippen LogP contribution in [-0.4, -0.2) is 25.6 Å². The van der Waals surface area contributed by atoms with E-state index in [0.29, 0.717) is 46.5 Å². The Bertz CT molecular complexity index is 1050. The van der Waals surface area contributed by atoms with Crippen molar-refractivity contribution in [2.75, 3.05) is 0 Å². The van der Waals surface area contributed by atoms with E-state index >= 15 is 0 Å². The summed E-state index contributed by atoms with van der Waals surface area (Å²) in [5, 5.41) is 0.311. The van der Waals surface area contributed by atoms with E-state index in [0.717, 1.165) is 38.5 Å². The van der Waals surface area contributed by atoms with Gasteiger partial charge in [0.2, 0.25) is 15.9 Å². The smallest absolute Gasteiger partial charge is 0.241 e. The number of hydrogen-bond donors (Lipinski definition) is 2. The molecule has 1 aromatic rings. The molecule has 0 heterocycles. The van der Waals surface area contributed by atoms with Crippen molar-refractivity contribution in [3.8, 4) is 0 Å². The highest BCUT2D eigenvalue weighted by Gasteiger charge is 2.59. The fourth-order valence-corrected chi connectivity index (χ4v) is 9.73. The van der Waals surface area contributed by atoms with Gasteiger partial charge in [-0.15, -0.1) is 0 Å². The Morgan fingerprint density at radius 2 is 1.78 bits per heavy atom. The highest BCUT2D eigenvalue weighted by atomic mass is 79.9. The van der Waals surface area contributed by atoms with Crippen LogP contribution >= 0.6 is 27.5 Å². The van der Waals surface area contributed by atoms with Crippen molar-refractivity contribution in [3.05, 3.63) is 27.7 Å². The van der Waals surface area contributed by atoms with E-state index < -0.39 is 15.6 Å². The molecule has 5 fully saturated rings. The van der Waals surface area contributed by atoms with Crippen molar-refractivity contribution in [1.29, 1.82) is 0 Å². The van der Waals surface area contributed by atoms with Crippen molar-refractivity contribution >= 4 is 49.2 Å². The zero-order valence-electron chi connectivity index (χ0n) is 17.8. The quantitative estimate of drug-likeness (QED) is 0.538. The van der Waals surface area contributed by atoms with E-state index in [9.17, 15) is 18.0 Å². The monoisotopic (exact) mass is 542 g/mol. The number of Topliss-reactive ketones (excluding diaryl/α,β-unsaturated/α-hetero) is 1. The molecule has 0 aromatic heterocycles. The van der Waals surface area contributed by atoms with E-state index in [2.05, 4.69) is 20.7 Å². The summed E-state index contributed by atoms with van der Waals surface area (Å²) in [6.45, 7) is 0. The van der Waals surface area contributed by atoms with Crippen molar-refractivity contribution in [3.63, 3.8) is 0 Å². The van der Waals surface area contributed by atoms with Crippen LogP contribution in [0.5, 0.6) is 0 Å². The van der Waals surface area contributed by atoms with Crippen molar-refractivity contribution in [2.24, 2.45) is 34.8 Å². The van der Waals surface area contributed by atoms with Gasteiger partial charge in [0, 0.05) is 21.3 Å². The molecule has 4 bridgehead atoms. The number of sulfonamides is 1. The van der Waals surface area contributed by atoms with Crippen LogP contribution in [0.2, 0.25) is 5.02 Å². The van der Waals surface area contributed by atoms with Gasteiger partial charge >= 0.3 is 0 Å². The first-order chi connectivity index (χ1) is 15.0. The number of rotatable bonds is 7. The van der Waals surface area contributed by atoms with Gasteiger partial charge in [-0.1, -0.05) is 27.5 Å². The molecule has 6 rings (SSSR count). The number of primary amides is 1. The summed E-state index contributed by atoms with van der Waals surface area (Å²) in [4.78, 5) is 25.8. The number of ketones is 1.